The third-order valence-corrected chi connectivity index (χ3v) is 4.21. The zero-order chi connectivity index (χ0) is 15.5. The van der Waals surface area contributed by atoms with Crippen LogP contribution in [0, 0.1) is 13.8 Å². The monoisotopic (exact) mass is 310 g/mol. The molecular formula is C13H18N4O3S. The highest BCUT2D eigenvalue weighted by molar-refractivity contribution is 7.92. The van der Waals surface area contributed by atoms with E-state index in [1.165, 1.54) is 0 Å². The first kappa shape index (κ1) is 15.2. The second-order valence-corrected chi connectivity index (χ2v) is 6.50. The largest absolute Gasteiger partial charge is 0.492 e. The Kier molecular flexibility index (Phi) is 4.37. The topological polar surface area (TPSA) is 110 Å². The van der Waals surface area contributed by atoms with Crippen LogP contribution in [0.5, 0.6) is 5.75 Å². The summed E-state index contributed by atoms with van der Waals surface area (Å²) in [5.41, 5.74) is 7.78. The second-order valence-electron chi connectivity index (χ2n) is 4.66. The molecule has 0 amide bonds. The molecule has 0 aliphatic rings. The van der Waals surface area contributed by atoms with Crippen LogP contribution in [0.4, 0.5) is 11.5 Å². The van der Waals surface area contributed by atoms with E-state index in [0.29, 0.717) is 17.3 Å². The number of nitrogens with two attached hydrogens (primary N) is 1. The highest BCUT2D eigenvalue weighted by Gasteiger charge is 2.15. The maximum atomic E-state index is 11.9. The van der Waals surface area contributed by atoms with Crippen LogP contribution in [0.25, 0.3) is 0 Å². The van der Waals surface area contributed by atoms with Gasteiger partial charge < -0.3 is 10.5 Å². The molecule has 0 saturated carbocycles. The van der Waals surface area contributed by atoms with Crippen molar-refractivity contribution in [1.29, 1.82) is 0 Å². The summed E-state index contributed by atoms with van der Waals surface area (Å²) in [5, 5.41) is 6.63. The number of rotatable bonds is 6. The molecule has 0 saturated heterocycles. The molecule has 1 aromatic heterocycles. The predicted molar refractivity (Wildman–Crippen MR) is 81.8 cm³/mol. The zero-order valence-corrected chi connectivity index (χ0v) is 12.7. The van der Waals surface area contributed by atoms with Crippen LogP contribution in [0.15, 0.2) is 24.3 Å². The van der Waals surface area contributed by atoms with Gasteiger partial charge >= 0.3 is 0 Å². The average Bonchev–Trinajstić information content (AvgIpc) is 2.72. The number of sulfonamides is 1. The van der Waals surface area contributed by atoms with Crippen LogP contribution in [-0.4, -0.2) is 31.0 Å². The molecule has 7 nitrogen and oxygen atoms in total. The lowest BCUT2D eigenvalue weighted by molar-refractivity contribution is 0.341. The van der Waals surface area contributed by atoms with Crippen molar-refractivity contribution in [3.8, 4) is 5.75 Å². The molecule has 114 valence electrons. The van der Waals surface area contributed by atoms with Gasteiger partial charge in [0.2, 0.25) is 10.0 Å². The van der Waals surface area contributed by atoms with Crippen molar-refractivity contribution in [2.24, 2.45) is 0 Å². The first-order valence-electron chi connectivity index (χ1n) is 6.38. The Balaban J connectivity index is 1.89. The van der Waals surface area contributed by atoms with Gasteiger partial charge in [-0.15, -0.1) is 0 Å². The minimum atomic E-state index is -3.50. The van der Waals surface area contributed by atoms with Gasteiger partial charge in [-0.05, 0) is 38.1 Å². The summed E-state index contributed by atoms with van der Waals surface area (Å²) >= 11 is 0. The molecule has 0 fully saturated rings. The summed E-state index contributed by atoms with van der Waals surface area (Å²) in [6, 6.07) is 6.77. The van der Waals surface area contributed by atoms with Gasteiger partial charge in [-0.2, -0.15) is 5.10 Å². The standard InChI is InChI=1S/C13H18N4O3S/c1-9-10(2)15-16-13(9)17-21(18,19)8-7-20-12-5-3-11(14)4-6-12/h3-6H,7-8,14H2,1-2H3,(H2,15,16,17). The molecule has 0 radical (unpaired) electrons. The molecule has 8 heteroatoms. The van der Waals surface area contributed by atoms with Crippen molar-refractivity contribution in [2.45, 2.75) is 13.8 Å². The molecule has 0 atom stereocenters. The lowest BCUT2D eigenvalue weighted by Gasteiger charge is -2.08. The number of hydrogen-bond donors (Lipinski definition) is 3. The summed E-state index contributed by atoms with van der Waals surface area (Å²) in [4.78, 5) is 0. The molecule has 1 heterocycles. The fourth-order valence-electron chi connectivity index (χ4n) is 1.62. The van der Waals surface area contributed by atoms with Gasteiger partial charge in [0.05, 0.1) is 0 Å². The van der Waals surface area contributed by atoms with E-state index in [-0.39, 0.29) is 12.4 Å². The van der Waals surface area contributed by atoms with E-state index in [9.17, 15) is 8.42 Å². The van der Waals surface area contributed by atoms with Crippen molar-refractivity contribution in [3.63, 3.8) is 0 Å². The van der Waals surface area contributed by atoms with E-state index in [4.69, 9.17) is 10.5 Å². The van der Waals surface area contributed by atoms with Gasteiger partial charge in [-0.3, -0.25) is 9.82 Å². The van der Waals surface area contributed by atoms with Gasteiger partial charge in [0.1, 0.15) is 18.1 Å². The molecule has 0 aliphatic heterocycles. The molecule has 0 bridgehead atoms. The number of aromatic nitrogens is 2. The fourth-order valence-corrected chi connectivity index (χ4v) is 2.51. The molecule has 21 heavy (non-hydrogen) atoms. The van der Waals surface area contributed by atoms with E-state index >= 15 is 0 Å². The van der Waals surface area contributed by atoms with Crippen molar-refractivity contribution < 1.29 is 13.2 Å². The number of anilines is 2. The highest BCUT2D eigenvalue weighted by atomic mass is 32.2. The Morgan fingerprint density at radius 3 is 2.52 bits per heavy atom. The molecule has 4 N–H and O–H groups in total. The number of nitrogens with zero attached hydrogens (tertiary/aromatic N) is 1. The number of aryl methyl sites for hydroxylation is 1. The lowest BCUT2D eigenvalue weighted by Crippen LogP contribution is -2.21. The van der Waals surface area contributed by atoms with Crippen molar-refractivity contribution in [2.75, 3.05) is 22.8 Å². The Hall–Kier alpha value is -2.22. The first-order valence-corrected chi connectivity index (χ1v) is 8.03. The quantitative estimate of drug-likeness (QED) is 0.699. The van der Waals surface area contributed by atoms with E-state index in [1.54, 1.807) is 31.2 Å². The van der Waals surface area contributed by atoms with Crippen molar-refractivity contribution in [1.82, 2.24) is 10.2 Å². The Labute approximate surface area is 123 Å². The number of nitrogen functional groups attached to an aromatic ring is 1. The minimum absolute atomic E-state index is 0.0434. The van der Waals surface area contributed by atoms with Gasteiger partial charge in [0.25, 0.3) is 0 Å². The maximum Gasteiger partial charge on any atom is 0.237 e. The van der Waals surface area contributed by atoms with Crippen LogP contribution in [-0.2, 0) is 10.0 Å². The number of hydrogen-bond acceptors (Lipinski definition) is 5. The van der Waals surface area contributed by atoms with Gasteiger partial charge in [0.15, 0.2) is 5.82 Å². The van der Waals surface area contributed by atoms with Crippen molar-refractivity contribution >= 4 is 21.5 Å². The second kappa shape index (κ2) is 6.04. The smallest absolute Gasteiger partial charge is 0.237 e. The third-order valence-electron chi connectivity index (χ3n) is 3.01. The number of H-pyrrole nitrogens is 1. The van der Waals surface area contributed by atoms with E-state index in [1.807, 2.05) is 6.92 Å². The number of nitrogens with one attached hydrogen (secondary N) is 2. The number of ether oxygens (including phenoxy) is 1. The SMILES string of the molecule is Cc1[nH]nc(NS(=O)(=O)CCOc2ccc(N)cc2)c1C. The molecule has 2 aromatic rings. The predicted octanol–water partition coefficient (Wildman–Crippen LogP) is 1.43. The van der Waals surface area contributed by atoms with Crippen molar-refractivity contribution in [3.05, 3.63) is 35.5 Å². The van der Waals surface area contributed by atoms with Gasteiger partial charge in [-0.1, -0.05) is 0 Å². The number of aromatic amines is 1. The molecular weight excluding hydrogens is 292 g/mol. The van der Waals surface area contributed by atoms with Crippen LogP contribution < -0.4 is 15.2 Å². The third kappa shape index (κ3) is 4.12. The average molecular weight is 310 g/mol. The molecule has 1 aromatic carbocycles. The summed E-state index contributed by atoms with van der Waals surface area (Å²) in [6.07, 6.45) is 0. The molecule has 0 spiro atoms. The molecule has 2 rings (SSSR count). The first-order chi connectivity index (χ1) is 9.87. The lowest BCUT2D eigenvalue weighted by atomic mass is 10.3. The summed E-state index contributed by atoms with van der Waals surface area (Å²) < 4.78 is 31.7. The normalized spacial score (nSPS) is 11.3. The van der Waals surface area contributed by atoms with Crippen LogP contribution in [0.3, 0.4) is 0 Å². The zero-order valence-electron chi connectivity index (χ0n) is 11.9. The van der Waals surface area contributed by atoms with Gasteiger partial charge in [0, 0.05) is 16.9 Å². The van der Waals surface area contributed by atoms with Crippen LogP contribution >= 0.6 is 0 Å². The summed E-state index contributed by atoms with van der Waals surface area (Å²) in [5.74, 6) is 0.731. The Morgan fingerprint density at radius 2 is 1.95 bits per heavy atom. The Bertz CT molecular complexity index is 708. The van der Waals surface area contributed by atoms with Crippen LogP contribution in [0.2, 0.25) is 0 Å². The van der Waals surface area contributed by atoms with Crippen LogP contribution in [0.1, 0.15) is 11.3 Å². The summed E-state index contributed by atoms with van der Waals surface area (Å²) in [7, 11) is -3.50. The Morgan fingerprint density at radius 1 is 1.29 bits per heavy atom. The molecule has 0 unspecified atom stereocenters. The summed E-state index contributed by atoms with van der Waals surface area (Å²) in [6.45, 7) is 3.66. The van der Waals surface area contributed by atoms with Gasteiger partial charge in [-0.25, -0.2) is 8.42 Å². The van der Waals surface area contributed by atoms with E-state index in [0.717, 1.165) is 11.3 Å². The fraction of sp³-hybridized carbons (Fsp3) is 0.308. The highest BCUT2D eigenvalue weighted by Crippen LogP contribution is 2.16. The van der Waals surface area contributed by atoms with E-state index in [2.05, 4.69) is 14.9 Å². The molecule has 0 aliphatic carbocycles. The van der Waals surface area contributed by atoms with E-state index < -0.39 is 10.0 Å². The number of benzene rings is 1. The minimum Gasteiger partial charge on any atom is -0.492 e. The maximum absolute atomic E-state index is 11.9.